The molecule has 0 atom stereocenters. The molecular weight excluding hydrogens is 532 g/mol. The molecule has 0 saturated carbocycles. The summed E-state index contributed by atoms with van der Waals surface area (Å²) in [6.07, 6.45) is 14.2. The van der Waals surface area contributed by atoms with E-state index >= 15 is 0 Å². The zero-order chi connectivity index (χ0) is 29.7. The van der Waals surface area contributed by atoms with Crippen molar-refractivity contribution >= 4 is 33.9 Å². The standard InChI is InChI=1S/C23H26N4O.C13H20N2/c28-23(26-22-7-5-6-19-17-24-13-12-21(19)22)25-16-18-8-10-20(11-9-18)27-14-3-1-2-4-15-27;14-11-12-5-7-13(8-6-12)15-9-3-1-2-4-10-15/h5-13,17H,1-4,14-16H2,(H2,25,26,28);5-8H,1-4,9-11,14H2. The van der Waals surface area contributed by atoms with Gasteiger partial charge in [-0.1, -0.05) is 62.1 Å². The monoisotopic (exact) mass is 578 g/mol. The quantitative estimate of drug-likeness (QED) is 0.221. The topological polar surface area (TPSA) is 86.5 Å². The fourth-order valence-corrected chi connectivity index (χ4v) is 5.91. The average Bonchev–Trinajstić information content (AvgIpc) is 3.51. The van der Waals surface area contributed by atoms with E-state index in [4.69, 9.17) is 5.73 Å². The summed E-state index contributed by atoms with van der Waals surface area (Å²) in [5, 5.41) is 7.87. The number of hydrogen-bond acceptors (Lipinski definition) is 5. The second-order valence-corrected chi connectivity index (χ2v) is 11.5. The van der Waals surface area contributed by atoms with Crippen LogP contribution in [0.25, 0.3) is 10.8 Å². The molecule has 4 aromatic rings. The summed E-state index contributed by atoms with van der Waals surface area (Å²) in [5.41, 5.74) is 11.3. The lowest BCUT2D eigenvalue weighted by atomic mass is 10.1. The van der Waals surface area contributed by atoms with Crippen LogP contribution in [0.5, 0.6) is 0 Å². The molecule has 0 unspecified atom stereocenters. The van der Waals surface area contributed by atoms with Crippen LogP contribution in [0.1, 0.15) is 62.5 Å². The Morgan fingerprint density at radius 1 is 0.698 bits per heavy atom. The number of urea groups is 1. The number of rotatable bonds is 6. The molecule has 2 fully saturated rings. The molecule has 226 valence electrons. The van der Waals surface area contributed by atoms with Crippen LogP contribution >= 0.6 is 0 Å². The number of pyridine rings is 1. The number of amides is 2. The molecule has 1 aromatic heterocycles. The molecule has 2 amide bonds. The van der Waals surface area contributed by atoms with Gasteiger partial charge in [0.05, 0.1) is 5.69 Å². The molecule has 6 rings (SSSR count). The maximum atomic E-state index is 12.3. The van der Waals surface area contributed by atoms with Gasteiger partial charge in [0.1, 0.15) is 0 Å². The minimum atomic E-state index is -0.207. The van der Waals surface area contributed by atoms with E-state index in [0.29, 0.717) is 13.1 Å². The number of nitrogens with one attached hydrogen (secondary N) is 2. The smallest absolute Gasteiger partial charge is 0.319 e. The summed E-state index contributed by atoms with van der Waals surface area (Å²) in [6, 6.07) is 24.7. The summed E-state index contributed by atoms with van der Waals surface area (Å²) >= 11 is 0. The third-order valence-corrected chi connectivity index (χ3v) is 8.43. The summed E-state index contributed by atoms with van der Waals surface area (Å²) in [6.45, 7) is 5.84. The predicted molar refractivity (Wildman–Crippen MR) is 180 cm³/mol. The van der Waals surface area contributed by atoms with Crippen molar-refractivity contribution in [1.29, 1.82) is 0 Å². The highest BCUT2D eigenvalue weighted by Crippen LogP contribution is 2.23. The van der Waals surface area contributed by atoms with Crippen LogP contribution in [0, 0.1) is 0 Å². The Morgan fingerprint density at radius 2 is 1.26 bits per heavy atom. The Morgan fingerprint density at radius 3 is 1.81 bits per heavy atom. The lowest BCUT2D eigenvalue weighted by Gasteiger charge is -2.22. The van der Waals surface area contributed by atoms with Crippen LogP contribution in [0.15, 0.2) is 85.2 Å². The molecule has 43 heavy (non-hydrogen) atoms. The van der Waals surface area contributed by atoms with E-state index < -0.39 is 0 Å². The highest BCUT2D eigenvalue weighted by Gasteiger charge is 2.11. The number of nitrogens with zero attached hydrogens (tertiary/aromatic N) is 3. The fourth-order valence-electron chi connectivity index (χ4n) is 5.91. The minimum absolute atomic E-state index is 0.207. The predicted octanol–water partition coefficient (Wildman–Crippen LogP) is 7.46. The lowest BCUT2D eigenvalue weighted by molar-refractivity contribution is 0.252. The molecule has 3 aromatic carbocycles. The molecule has 0 aliphatic carbocycles. The zero-order valence-electron chi connectivity index (χ0n) is 25.3. The molecule has 7 nitrogen and oxygen atoms in total. The highest BCUT2D eigenvalue weighted by atomic mass is 16.2. The van der Waals surface area contributed by atoms with Crippen molar-refractivity contribution in [3.8, 4) is 0 Å². The van der Waals surface area contributed by atoms with E-state index in [1.807, 2.05) is 24.3 Å². The molecule has 2 aliphatic rings. The Bertz CT molecular complexity index is 1400. The summed E-state index contributed by atoms with van der Waals surface area (Å²) < 4.78 is 0. The first-order valence-corrected chi connectivity index (χ1v) is 15.9. The van der Waals surface area contributed by atoms with Crippen molar-refractivity contribution in [2.24, 2.45) is 5.73 Å². The normalized spacial score (nSPS) is 15.6. The van der Waals surface area contributed by atoms with Gasteiger partial charge < -0.3 is 26.2 Å². The Labute approximate surface area is 256 Å². The van der Waals surface area contributed by atoms with Crippen molar-refractivity contribution in [1.82, 2.24) is 10.3 Å². The van der Waals surface area contributed by atoms with Crippen molar-refractivity contribution in [3.63, 3.8) is 0 Å². The van der Waals surface area contributed by atoms with Gasteiger partial charge in [0.15, 0.2) is 0 Å². The molecule has 2 aliphatic heterocycles. The largest absolute Gasteiger partial charge is 0.372 e. The van der Waals surface area contributed by atoms with Crippen molar-refractivity contribution in [2.75, 3.05) is 41.3 Å². The number of carbonyl (C=O) groups excluding carboxylic acids is 1. The van der Waals surface area contributed by atoms with Gasteiger partial charge in [0.2, 0.25) is 0 Å². The number of aromatic nitrogens is 1. The van der Waals surface area contributed by atoms with Gasteiger partial charge in [-0.2, -0.15) is 0 Å². The average molecular weight is 579 g/mol. The van der Waals surface area contributed by atoms with E-state index in [1.165, 1.54) is 81.4 Å². The number of hydrogen-bond donors (Lipinski definition) is 3. The number of carbonyl (C=O) groups is 1. The first-order chi connectivity index (χ1) is 21.2. The number of nitrogens with two attached hydrogens (primary N) is 1. The van der Waals surface area contributed by atoms with E-state index in [2.05, 4.69) is 73.9 Å². The first kappa shape index (κ1) is 30.4. The summed E-state index contributed by atoms with van der Waals surface area (Å²) in [7, 11) is 0. The molecule has 0 bridgehead atoms. The maximum Gasteiger partial charge on any atom is 0.319 e. The van der Waals surface area contributed by atoms with Gasteiger partial charge in [0.25, 0.3) is 0 Å². The van der Waals surface area contributed by atoms with Crippen LogP contribution in [0.2, 0.25) is 0 Å². The second kappa shape index (κ2) is 15.9. The summed E-state index contributed by atoms with van der Waals surface area (Å²) in [4.78, 5) is 21.4. The van der Waals surface area contributed by atoms with Gasteiger partial charge in [-0.25, -0.2) is 4.79 Å². The Kier molecular flexibility index (Phi) is 11.3. The third kappa shape index (κ3) is 8.94. The minimum Gasteiger partial charge on any atom is -0.372 e. The van der Waals surface area contributed by atoms with Crippen LogP contribution < -0.4 is 26.2 Å². The first-order valence-electron chi connectivity index (χ1n) is 15.9. The van der Waals surface area contributed by atoms with E-state index in [0.717, 1.165) is 35.1 Å². The van der Waals surface area contributed by atoms with Crippen molar-refractivity contribution in [2.45, 2.75) is 64.5 Å². The second-order valence-electron chi connectivity index (χ2n) is 11.5. The van der Waals surface area contributed by atoms with Crippen LogP contribution in [0.3, 0.4) is 0 Å². The highest BCUT2D eigenvalue weighted by molar-refractivity contribution is 6.01. The molecular formula is C36H46N6O. The van der Waals surface area contributed by atoms with E-state index in [1.54, 1.807) is 12.4 Å². The number of benzene rings is 3. The number of anilines is 3. The summed E-state index contributed by atoms with van der Waals surface area (Å²) in [5.74, 6) is 0. The zero-order valence-corrected chi connectivity index (χ0v) is 25.3. The van der Waals surface area contributed by atoms with Gasteiger partial charge >= 0.3 is 6.03 Å². The van der Waals surface area contributed by atoms with Crippen LogP contribution in [-0.2, 0) is 13.1 Å². The molecule has 2 saturated heterocycles. The van der Waals surface area contributed by atoms with Gasteiger partial charge in [-0.3, -0.25) is 4.98 Å². The molecule has 3 heterocycles. The van der Waals surface area contributed by atoms with Gasteiger partial charge in [0, 0.05) is 73.8 Å². The molecule has 4 N–H and O–H groups in total. The van der Waals surface area contributed by atoms with Crippen LogP contribution in [-0.4, -0.2) is 37.2 Å². The van der Waals surface area contributed by atoms with Crippen molar-refractivity contribution in [3.05, 3.63) is 96.3 Å². The third-order valence-electron chi connectivity index (χ3n) is 8.43. The maximum absolute atomic E-state index is 12.3. The Hall–Kier alpha value is -4.10. The van der Waals surface area contributed by atoms with E-state index in [9.17, 15) is 4.79 Å². The fraction of sp³-hybridized carbons (Fsp3) is 0.389. The van der Waals surface area contributed by atoms with Gasteiger partial charge in [-0.15, -0.1) is 0 Å². The lowest BCUT2D eigenvalue weighted by Crippen LogP contribution is -2.28. The molecule has 7 heteroatoms. The van der Waals surface area contributed by atoms with Crippen LogP contribution in [0.4, 0.5) is 21.9 Å². The SMILES string of the molecule is NCc1ccc(N2CCCCCC2)cc1.O=C(NCc1ccc(N2CCCCCC2)cc1)Nc1cccc2cnccc12. The number of fused-ring (bicyclic) bond motifs is 1. The molecule has 0 radical (unpaired) electrons. The van der Waals surface area contributed by atoms with Gasteiger partial charge in [-0.05, 0) is 73.2 Å². The molecule has 0 spiro atoms. The Balaban J connectivity index is 0.000000207. The van der Waals surface area contributed by atoms with E-state index in [-0.39, 0.29) is 6.03 Å². The van der Waals surface area contributed by atoms with Crippen molar-refractivity contribution < 1.29 is 4.79 Å².